The first-order valence-electron chi connectivity index (χ1n) is 11.4. The number of nitrogens with one attached hydrogen (secondary N) is 2. The van der Waals surface area contributed by atoms with Crippen LogP contribution in [0, 0.1) is 5.41 Å². The van der Waals surface area contributed by atoms with Gasteiger partial charge in [-0.15, -0.1) is 0 Å². The number of hydrogen-bond acceptors (Lipinski definition) is 4. The van der Waals surface area contributed by atoms with E-state index >= 15 is 0 Å². The Kier molecular flexibility index (Phi) is 11.4. The van der Waals surface area contributed by atoms with Crippen LogP contribution in [0.4, 0.5) is 0 Å². The maximum absolute atomic E-state index is 12.9. The van der Waals surface area contributed by atoms with Gasteiger partial charge in [-0.05, 0) is 53.4 Å². The highest BCUT2D eigenvalue weighted by Crippen LogP contribution is 2.27. The third kappa shape index (κ3) is 7.56. The Hall–Kier alpha value is -1.14. The van der Waals surface area contributed by atoms with Crippen molar-refractivity contribution in [2.75, 3.05) is 0 Å². The fourth-order valence-electron chi connectivity index (χ4n) is 3.97. The molecule has 0 aromatic rings. The van der Waals surface area contributed by atoms with Gasteiger partial charge in [0, 0.05) is 0 Å². The Morgan fingerprint density at radius 1 is 0.690 bits per heavy atom. The number of carbonyl (C=O) groups excluding carboxylic acids is 2. The molecule has 0 radical (unpaired) electrons. The van der Waals surface area contributed by atoms with Gasteiger partial charge in [-0.1, -0.05) is 53.4 Å². The van der Waals surface area contributed by atoms with Crippen molar-refractivity contribution in [2.45, 2.75) is 130 Å². The van der Waals surface area contributed by atoms with Crippen LogP contribution in [0.25, 0.3) is 0 Å². The fraction of sp³-hybridized carbons (Fsp3) is 0.913. The summed E-state index contributed by atoms with van der Waals surface area (Å²) in [6.07, 6.45) is 5.61. The van der Waals surface area contributed by atoms with E-state index in [9.17, 15) is 19.8 Å². The van der Waals surface area contributed by atoms with Gasteiger partial charge in [0.2, 0.25) is 11.8 Å². The van der Waals surface area contributed by atoms with Crippen LogP contribution < -0.4 is 10.6 Å². The van der Waals surface area contributed by atoms with E-state index in [2.05, 4.69) is 10.6 Å². The molecule has 0 rings (SSSR count). The Bertz CT molecular complexity index is 463. The molecule has 0 aliphatic carbocycles. The van der Waals surface area contributed by atoms with Gasteiger partial charge in [0.05, 0.1) is 23.3 Å². The highest BCUT2D eigenvalue weighted by molar-refractivity contribution is 6.04. The van der Waals surface area contributed by atoms with Crippen molar-refractivity contribution in [1.82, 2.24) is 10.6 Å². The predicted octanol–water partition coefficient (Wildman–Crippen LogP) is 3.68. The van der Waals surface area contributed by atoms with Crippen LogP contribution in [-0.2, 0) is 9.59 Å². The van der Waals surface area contributed by atoms with E-state index in [1.165, 1.54) is 0 Å². The molecule has 0 bridgehead atoms. The van der Waals surface area contributed by atoms with Crippen molar-refractivity contribution in [1.29, 1.82) is 0 Å². The van der Waals surface area contributed by atoms with E-state index in [-0.39, 0.29) is 0 Å². The Morgan fingerprint density at radius 2 is 0.931 bits per heavy atom. The molecule has 2 unspecified atom stereocenters. The smallest absolute Gasteiger partial charge is 0.235 e. The summed E-state index contributed by atoms with van der Waals surface area (Å²) in [4.78, 5) is 25.8. The molecular formula is C23H46N2O4. The standard InChI is InChI=1S/C23H46N2O4/c1-9-13-22(28,14-10-2)17(5)24-19(26)21(7,8)20(27)25-18(6)23(29,15-11-3)16-12-4/h17-18,28-29H,9-16H2,1-8H3,(H,24,26)(H,25,27). The highest BCUT2D eigenvalue weighted by Gasteiger charge is 2.42. The second-order valence-electron chi connectivity index (χ2n) is 9.22. The van der Waals surface area contributed by atoms with Gasteiger partial charge in [-0.25, -0.2) is 0 Å². The zero-order valence-corrected chi connectivity index (χ0v) is 20.0. The first-order valence-corrected chi connectivity index (χ1v) is 11.4. The second kappa shape index (κ2) is 11.9. The molecule has 172 valence electrons. The predicted molar refractivity (Wildman–Crippen MR) is 119 cm³/mol. The first-order chi connectivity index (χ1) is 13.3. The van der Waals surface area contributed by atoms with Crippen LogP contribution >= 0.6 is 0 Å². The molecule has 0 spiro atoms. The van der Waals surface area contributed by atoms with Gasteiger partial charge in [-0.2, -0.15) is 0 Å². The van der Waals surface area contributed by atoms with Crippen molar-refractivity contribution in [2.24, 2.45) is 5.41 Å². The molecule has 0 saturated heterocycles. The lowest BCUT2D eigenvalue weighted by Gasteiger charge is -2.38. The van der Waals surface area contributed by atoms with Crippen molar-refractivity contribution >= 4 is 11.8 Å². The summed E-state index contributed by atoms with van der Waals surface area (Å²) in [5, 5.41) is 27.6. The summed E-state index contributed by atoms with van der Waals surface area (Å²) >= 11 is 0. The summed E-state index contributed by atoms with van der Waals surface area (Å²) in [5.41, 5.74) is -3.29. The lowest BCUT2D eigenvalue weighted by Crippen LogP contribution is -2.59. The molecule has 0 aromatic carbocycles. The van der Waals surface area contributed by atoms with E-state index in [4.69, 9.17) is 0 Å². The van der Waals surface area contributed by atoms with E-state index in [0.29, 0.717) is 25.7 Å². The summed E-state index contributed by atoms with van der Waals surface area (Å²) < 4.78 is 0. The van der Waals surface area contributed by atoms with Gasteiger partial charge in [-0.3, -0.25) is 9.59 Å². The van der Waals surface area contributed by atoms with Crippen molar-refractivity contribution in [3.05, 3.63) is 0 Å². The van der Waals surface area contributed by atoms with Crippen LogP contribution in [0.15, 0.2) is 0 Å². The van der Waals surface area contributed by atoms with Crippen molar-refractivity contribution in [3.63, 3.8) is 0 Å². The quantitative estimate of drug-likeness (QED) is 0.326. The van der Waals surface area contributed by atoms with E-state index in [1.807, 2.05) is 27.7 Å². The molecule has 0 aromatic heterocycles. The Labute approximate surface area is 178 Å². The van der Waals surface area contributed by atoms with Crippen LogP contribution in [0.1, 0.15) is 107 Å². The monoisotopic (exact) mass is 414 g/mol. The van der Waals surface area contributed by atoms with Crippen molar-refractivity contribution < 1.29 is 19.8 Å². The SMILES string of the molecule is CCCC(O)(CCC)C(C)NC(=O)C(C)(C)C(=O)NC(C)C(O)(CCC)CCC. The summed E-state index contributed by atoms with van der Waals surface area (Å²) in [7, 11) is 0. The zero-order valence-electron chi connectivity index (χ0n) is 20.0. The number of aliphatic hydroxyl groups is 2. The maximum atomic E-state index is 12.9. The number of amides is 2. The van der Waals surface area contributed by atoms with E-state index in [0.717, 1.165) is 25.7 Å². The second-order valence-corrected chi connectivity index (χ2v) is 9.22. The third-order valence-electron chi connectivity index (χ3n) is 6.17. The largest absolute Gasteiger partial charge is 0.388 e. The first kappa shape index (κ1) is 27.9. The molecule has 6 nitrogen and oxygen atoms in total. The van der Waals surface area contributed by atoms with Crippen LogP contribution in [0.2, 0.25) is 0 Å². The van der Waals surface area contributed by atoms with Crippen molar-refractivity contribution in [3.8, 4) is 0 Å². The minimum Gasteiger partial charge on any atom is -0.388 e. The Morgan fingerprint density at radius 3 is 1.14 bits per heavy atom. The number of rotatable bonds is 14. The topological polar surface area (TPSA) is 98.7 Å². The molecule has 4 N–H and O–H groups in total. The van der Waals surface area contributed by atoms with Crippen LogP contribution in [-0.4, -0.2) is 45.3 Å². The summed E-state index contributed by atoms with van der Waals surface area (Å²) in [5.74, 6) is -0.843. The molecule has 2 amide bonds. The van der Waals surface area contributed by atoms with Gasteiger partial charge < -0.3 is 20.8 Å². The molecule has 0 aliphatic heterocycles. The normalized spacial score (nSPS) is 15.0. The molecule has 2 atom stereocenters. The minimum atomic E-state index is -1.32. The molecule has 6 heteroatoms. The zero-order chi connectivity index (χ0) is 22.9. The van der Waals surface area contributed by atoms with Gasteiger partial charge in [0.15, 0.2) is 0 Å². The number of carbonyl (C=O) groups is 2. The lowest BCUT2D eigenvalue weighted by molar-refractivity contribution is -0.145. The summed E-state index contributed by atoms with van der Waals surface area (Å²) in [6.45, 7) is 14.7. The van der Waals surface area contributed by atoms with Crippen LogP contribution in [0.5, 0.6) is 0 Å². The average molecular weight is 415 g/mol. The van der Waals surface area contributed by atoms with E-state index in [1.54, 1.807) is 27.7 Å². The van der Waals surface area contributed by atoms with Crippen LogP contribution in [0.3, 0.4) is 0 Å². The summed E-state index contributed by atoms with van der Waals surface area (Å²) in [6, 6.07) is -0.923. The third-order valence-corrected chi connectivity index (χ3v) is 6.17. The van der Waals surface area contributed by atoms with Gasteiger partial charge >= 0.3 is 0 Å². The van der Waals surface area contributed by atoms with Gasteiger partial charge in [0.25, 0.3) is 0 Å². The van der Waals surface area contributed by atoms with E-state index < -0.39 is 40.5 Å². The number of hydrogen-bond donors (Lipinski definition) is 4. The molecule has 0 fully saturated rings. The molecule has 0 saturated carbocycles. The van der Waals surface area contributed by atoms with Gasteiger partial charge in [0.1, 0.15) is 5.41 Å². The molecule has 29 heavy (non-hydrogen) atoms. The molecule has 0 heterocycles. The average Bonchev–Trinajstić information content (AvgIpc) is 2.62. The Balaban J connectivity index is 5.25. The fourth-order valence-corrected chi connectivity index (χ4v) is 3.97. The maximum Gasteiger partial charge on any atom is 0.235 e. The highest BCUT2D eigenvalue weighted by atomic mass is 16.3. The molecular weight excluding hydrogens is 368 g/mol. The molecule has 0 aliphatic rings. The lowest BCUT2D eigenvalue weighted by atomic mass is 9.83. The minimum absolute atomic E-state index is 0.421.